The summed E-state index contributed by atoms with van der Waals surface area (Å²) in [6.07, 6.45) is 8.33. The first-order chi connectivity index (χ1) is 12.2. The highest BCUT2D eigenvalue weighted by molar-refractivity contribution is 5.92. The summed E-state index contributed by atoms with van der Waals surface area (Å²) in [7, 11) is 1.61. The van der Waals surface area contributed by atoms with Gasteiger partial charge in [-0.2, -0.15) is 0 Å². The Morgan fingerprint density at radius 2 is 1.96 bits per heavy atom. The van der Waals surface area contributed by atoms with Gasteiger partial charge in [0.05, 0.1) is 0 Å². The normalized spacial score (nSPS) is 18.9. The monoisotopic (exact) mass is 344 g/mol. The number of aromatic nitrogens is 1. The molecule has 0 unspecified atom stereocenters. The second-order valence-electron chi connectivity index (χ2n) is 7.05. The summed E-state index contributed by atoms with van der Waals surface area (Å²) < 4.78 is 0. The average molecular weight is 344 g/mol. The van der Waals surface area contributed by atoms with E-state index in [-0.39, 0.29) is 5.91 Å². The minimum atomic E-state index is -0.176. The highest BCUT2D eigenvalue weighted by atomic mass is 16.2. The van der Waals surface area contributed by atoms with Gasteiger partial charge in [-0.05, 0) is 37.3 Å². The van der Waals surface area contributed by atoms with Crippen LogP contribution >= 0.6 is 0 Å². The lowest BCUT2D eigenvalue weighted by Crippen LogP contribution is -2.36. The Balaban J connectivity index is 1.59. The number of nitrogens with zero attached hydrogens (tertiary/aromatic N) is 3. The molecule has 2 aliphatic rings. The Morgan fingerprint density at radius 1 is 1.16 bits per heavy atom. The molecule has 6 nitrogen and oxygen atoms in total. The maximum absolute atomic E-state index is 12.6. The van der Waals surface area contributed by atoms with E-state index < -0.39 is 0 Å². The SMILES string of the molecule is CNC(=O)c1cc(N2CCCN(C(=O)CC3CCCC3)CC2)ccn1. The van der Waals surface area contributed by atoms with E-state index in [1.165, 1.54) is 25.7 Å². The zero-order valence-electron chi connectivity index (χ0n) is 15.0. The van der Waals surface area contributed by atoms with E-state index in [0.717, 1.165) is 44.7 Å². The van der Waals surface area contributed by atoms with Crippen molar-refractivity contribution >= 4 is 17.5 Å². The predicted octanol–water partition coefficient (Wildman–Crippen LogP) is 2.06. The van der Waals surface area contributed by atoms with Gasteiger partial charge < -0.3 is 15.1 Å². The number of amides is 2. The molecule has 1 saturated carbocycles. The van der Waals surface area contributed by atoms with Gasteiger partial charge in [-0.1, -0.05) is 12.8 Å². The molecule has 1 aliphatic heterocycles. The molecule has 2 fully saturated rings. The molecule has 1 saturated heterocycles. The topological polar surface area (TPSA) is 65.5 Å². The number of hydrogen-bond donors (Lipinski definition) is 1. The Bertz CT molecular complexity index is 613. The molecule has 0 radical (unpaired) electrons. The molecule has 136 valence electrons. The number of rotatable bonds is 4. The maximum Gasteiger partial charge on any atom is 0.269 e. The van der Waals surface area contributed by atoms with Crippen LogP contribution in [0, 0.1) is 5.92 Å². The van der Waals surface area contributed by atoms with Crippen molar-refractivity contribution in [1.29, 1.82) is 0 Å². The average Bonchev–Trinajstić information content (AvgIpc) is 3.02. The molecule has 0 bridgehead atoms. The van der Waals surface area contributed by atoms with Crippen LogP contribution in [0.1, 0.15) is 49.0 Å². The lowest BCUT2D eigenvalue weighted by Gasteiger charge is -2.24. The van der Waals surface area contributed by atoms with Gasteiger partial charge in [-0.15, -0.1) is 0 Å². The fraction of sp³-hybridized carbons (Fsp3) is 0.632. The third-order valence-electron chi connectivity index (χ3n) is 5.36. The number of hydrogen-bond acceptors (Lipinski definition) is 4. The Kier molecular flexibility index (Phi) is 5.89. The number of carbonyl (C=O) groups excluding carboxylic acids is 2. The van der Waals surface area contributed by atoms with Crippen molar-refractivity contribution in [2.24, 2.45) is 5.92 Å². The van der Waals surface area contributed by atoms with E-state index in [9.17, 15) is 9.59 Å². The van der Waals surface area contributed by atoms with E-state index in [1.54, 1.807) is 13.2 Å². The van der Waals surface area contributed by atoms with E-state index in [1.807, 2.05) is 17.0 Å². The van der Waals surface area contributed by atoms with Crippen LogP contribution < -0.4 is 10.2 Å². The largest absolute Gasteiger partial charge is 0.370 e. The van der Waals surface area contributed by atoms with Crippen LogP contribution in [0.2, 0.25) is 0 Å². The van der Waals surface area contributed by atoms with E-state index in [4.69, 9.17) is 0 Å². The van der Waals surface area contributed by atoms with E-state index in [0.29, 0.717) is 17.5 Å². The van der Waals surface area contributed by atoms with Crippen molar-refractivity contribution in [1.82, 2.24) is 15.2 Å². The highest BCUT2D eigenvalue weighted by Gasteiger charge is 2.24. The molecule has 0 aromatic carbocycles. The van der Waals surface area contributed by atoms with Gasteiger partial charge in [-0.3, -0.25) is 14.6 Å². The fourth-order valence-corrected chi connectivity index (χ4v) is 3.88. The molecule has 1 N–H and O–H groups in total. The lowest BCUT2D eigenvalue weighted by molar-refractivity contribution is -0.131. The van der Waals surface area contributed by atoms with Crippen molar-refractivity contribution in [3.8, 4) is 0 Å². The van der Waals surface area contributed by atoms with E-state index >= 15 is 0 Å². The third kappa shape index (κ3) is 4.50. The van der Waals surface area contributed by atoms with Gasteiger partial charge in [0.2, 0.25) is 5.91 Å². The summed E-state index contributed by atoms with van der Waals surface area (Å²) in [4.78, 5) is 32.8. The first-order valence-electron chi connectivity index (χ1n) is 9.38. The molecular formula is C19H28N4O2. The molecule has 25 heavy (non-hydrogen) atoms. The second kappa shape index (κ2) is 8.32. The number of pyridine rings is 1. The minimum Gasteiger partial charge on any atom is -0.370 e. The molecule has 0 spiro atoms. The summed E-state index contributed by atoms with van der Waals surface area (Å²) >= 11 is 0. The van der Waals surface area contributed by atoms with Gasteiger partial charge in [0.15, 0.2) is 0 Å². The summed E-state index contributed by atoms with van der Waals surface area (Å²) in [6.45, 7) is 3.27. The number of nitrogens with one attached hydrogen (secondary N) is 1. The Morgan fingerprint density at radius 3 is 2.72 bits per heavy atom. The predicted molar refractivity (Wildman–Crippen MR) is 97.6 cm³/mol. The highest BCUT2D eigenvalue weighted by Crippen LogP contribution is 2.28. The molecule has 3 rings (SSSR count). The van der Waals surface area contributed by atoms with Crippen LogP contribution in [-0.4, -0.2) is 54.9 Å². The van der Waals surface area contributed by atoms with Crippen molar-refractivity contribution < 1.29 is 9.59 Å². The Labute approximate surface area is 149 Å². The van der Waals surface area contributed by atoms with Crippen LogP contribution in [0.25, 0.3) is 0 Å². The molecule has 1 aliphatic carbocycles. The molecule has 2 heterocycles. The summed E-state index contributed by atoms with van der Waals surface area (Å²) in [5, 5.41) is 2.61. The summed E-state index contributed by atoms with van der Waals surface area (Å²) in [5.41, 5.74) is 1.43. The maximum atomic E-state index is 12.6. The Hall–Kier alpha value is -2.11. The van der Waals surface area contributed by atoms with Crippen molar-refractivity contribution in [3.63, 3.8) is 0 Å². The van der Waals surface area contributed by atoms with Crippen LogP contribution in [0.5, 0.6) is 0 Å². The fourth-order valence-electron chi connectivity index (χ4n) is 3.88. The quantitative estimate of drug-likeness (QED) is 0.908. The molecule has 2 amide bonds. The standard InChI is InChI=1S/C19H28N4O2/c1-20-19(25)17-14-16(7-8-21-17)22-9-4-10-23(12-11-22)18(24)13-15-5-2-3-6-15/h7-8,14-15H,2-6,9-13H2,1H3,(H,20,25). The molecule has 0 atom stereocenters. The van der Waals surface area contributed by atoms with Gasteiger partial charge in [0.1, 0.15) is 5.69 Å². The van der Waals surface area contributed by atoms with Crippen molar-refractivity contribution in [2.45, 2.75) is 38.5 Å². The van der Waals surface area contributed by atoms with Gasteiger partial charge in [0, 0.05) is 51.5 Å². The van der Waals surface area contributed by atoms with Crippen LogP contribution in [0.4, 0.5) is 5.69 Å². The van der Waals surface area contributed by atoms with E-state index in [2.05, 4.69) is 15.2 Å². The third-order valence-corrected chi connectivity index (χ3v) is 5.36. The van der Waals surface area contributed by atoms with Gasteiger partial charge >= 0.3 is 0 Å². The zero-order valence-corrected chi connectivity index (χ0v) is 15.0. The van der Waals surface area contributed by atoms with Gasteiger partial charge in [0.25, 0.3) is 5.91 Å². The van der Waals surface area contributed by atoms with Crippen LogP contribution in [0.15, 0.2) is 18.3 Å². The zero-order chi connectivity index (χ0) is 17.6. The van der Waals surface area contributed by atoms with Crippen molar-refractivity contribution in [3.05, 3.63) is 24.0 Å². The van der Waals surface area contributed by atoms with Crippen LogP contribution in [-0.2, 0) is 4.79 Å². The first kappa shape index (κ1) is 17.7. The molecule has 6 heteroatoms. The number of anilines is 1. The van der Waals surface area contributed by atoms with Gasteiger partial charge in [-0.25, -0.2) is 0 Å². The number of carbonyl (C=O) groups is 2. The molecule has 1 aromatic heterocycles. The summed E-state index contributed by atoms with van der Waals surface area (Å²) in [5.74, 6) is 0.738. The first-order valence-corrected chi connectivity index (χ1v) is 9.38. The van der Waals surface area contributed by atoms with Crippen LogP contribution in [0.3, 0.4) is 0 Å². The lowest BCUT2D eigenvalue weighted by atomic mass is 10.0. The second-order valence-corrected chi connectivity index (χ2v) is 7.05. The minimum absolute atomic E-state index is 0.176. The van der Waals surface area contributed by atoms with Crippen molar-refractivity contribution in [2.75, 3.05) is 38.1 Å². The smallest absolute Gasteiger partial charge is 0.269 e. The molecular weight excluding hydrogens is 316 g/mol. The summed E-state index contributed by atoms with van der Waals surface area (Å²) in [6, 6.07) is 3.76. The molecule has 1 aromatic rings.